The average Bonchev–Trinajstić information content (AvgIpc) is 3.25. The molecule has 1 amide bonds. The van der Waals surface area contributed by atoms with Gasteiger partial charge < -0.3 is 10.1 Å². The molecule has 0 unspecified atom stereocenters. The molecule has 0 atom stereocenters. The quantitative estimate of drug-likeness (QED) is 0.345. The summed E-state index contributed by atoms with van der Waals surface area (Å²) in [7, 11) is 1.55. The van der Waals surface area contributed by atoms with Crippen LogP contribution >= 0.6 is 11.8 Å². The second kappa shape index (κ2) is 11.0. The summed E-state index contributed by atoms with van der Waals surface area (Å²) in [6.07, 6.45) is 0. The summed E-state index contributed by atoms with van der Waals surface area (Å²) in [5.74, 6) is 0.148. The minimum absolute atomic E-state index is 0.198. The summed E-state index contributed by atoms with van der Waals surface area (Å²) in [4.78, 5) is 12.4. The van der Waals surface area contributed by atoms with Gasteiger partial charge in [-0.2, -0.15) is 0 Å². The number of amides is 1. The average molecular weight is 481 g/mol. The number of hydrogen-bond acceptors (Lipinski definition) is 5. The van der Waals surface area contributed by atoms with Crippen molar-refractivity contribution in [2.75, 3.05) is 7.11 Å². The molecule has 0 spiro atoms. The van der Waals surface area contributed by atoms with Crippen molar-refractivity contribution in [1.82, 2.24) is 20.1 Å². The predicted octanol–water partition coefficient (Wildman–Crippen LogP) is 4.91. The third-order valence-electron chi connectivity index (χ3n) is 5.02. The van der Waals surface area contributed by atoms with Crippen molar-refractivity contribution in [2.24, 2.45) is 0 Å². The molecule has 3 aromatic carbocycles. The van der Waals surface area contributed by atoms with E-state index < -0.39 is 0 Å². The standard InChI is InChI=1S/C25H22F2N4O2S/c1-33-15-23-29-30-25(31(23)22-5-3-2-4-21(22)27)34-16-18-6-10-19(11-7-18)24(32)28-14-17-8-12-20(26)13-9-17/h2-13H,14-16H2,1H3,(H,28,32). The first-order valence-corrected chi connectivity index (χ1v) is 11.5. The Morgan fingerprint density at radius 3 is 2.38 bits per heavy atom. The van der Waals surface area contributed by atoms with E-state index in [4.69, 9.17) is 4.74 Å². The summed E-state index contributed by atoms with van der Waals surface area (Å²) in [5.41, 5.74) is 2.66. The van der Waals surface area contributed by atoms with E-state index in [-0.39, 0.29) is 24.1 Å². The van der Waals surface area contributed by atoms with Crippen LogP contribution in [0, 0.1) is 11.6 Å². The maximum Gasteiger partial charge on any atom is 0.251 e. The summed E-state index contributed by atoms with van der Waals surface area (Å²) in [6, 6.07) is 19.6. The van der Waals surface area contributed by atoms with E-state index in [1.807, 2.05) is 12.1 Å². The molecule has 6 nitrogen and oxygen atoms in total. The number of aromatic nitrogens is 3. The van der Waals surface area contributed by atoms with Crippen molar-refractivity contribution in [3.63, 3.8) is 0 Å². The number of hydrogen-bond donors (Lipinski definition) is 1. The van der Waals surface area contributed by atoms with E-state index in [0.717, 1.165) is 11.1 Å². The van der Waals surface area contributed by atoms with Gasteiger partial charge in [-0.1, -0.05) is 48.2 Å². The first-order chi connectivity index (χ1) is 16.5. The lowest BCUT2D eigenvalue weighted by molar-refractivity contribution is 0.0951. The van der Waals surface area contributed by atoms with Gasteiger partial charge in [0.25, 0.3) is 5.91 Å². The van der Waals surface area contributed by atoms with Crippen molar-refractivity contribution in [1.29, 1.82) is 0 Å². The SMILES string of the molecule is COCc1nnc(SCc2ccc(C(=O)NCc3ccc(F)cc3)cc2)n1-c1ccccc1F. The van der Waals surface area contributed by atoms with E-state index in [1.54, 1.807) is 54.1 Å². The van der Waals surface area contributed by atoms with Crippen molar-refractivity contribution in [3.05, 3.63) is 107 Å². The number of nitrogens with zero attached hydrogens (tertiary/aromatic N) is 3. The number of para-hydroxylation sites is 1. The van der Waals surface area contributed by atoms with E-state index in [1.165, 1.54) is 30.0 Å². The maximum atomic E-state index is 14.4. The summed E-state index contributed by atoms with van der Waals surface area (Å²) >= 11 is 1.41. The van der Waals surface area contributed by atoms with Crippen LogP contribution in [-0.4, -0.2) is 27.8 Å². The molecule has 4 aromatic rings. The summed E-state index contributed by atoms with van der Waals surface area (Å²) < 4.78 is 34.3. The zero-order valence-corrected chi connectivity index (χ0v) is 19.2. The molecule has 9 heteroatoms. The Hall–Kier alpha value is -3.56. The Bertz CT molecular complexity index is 1260. The van der Waals surface area contributed by atoms with Gasteiger partial charge in [0.05, 0.1) is 5.69 Å². The van der Waals surface area contributed by atoms with Crippen LogP contribution in [0.4, 0.5) is 8.78 Å². The smallest absolute Gasteiger partial charge is 0.251 e. The van der Waals surface area contributed by atoms with Crippen LogP contribution in [0.1, 0.15) is 27.3 Å². The molecule has 0 saturated carbocycles. The highest BCUT2D eigenvalue weighted by molar-refractivity contribution is 7.98. The highest BCUT2D eigenvalue weighted by atomic mass is 32.2. The molecule has 0 aliphatic heterocycles. The van der Waals surface area contributed by atoms with Crippen LogP contribution in [0.25, 0.3) is 5.69 Å². The minimum atomic E-state index is -0.377. The fourth-order valence-electron chi connectivity index (χ4n) is 3.28. The highest BCUT2D eigenvalue weighted by Gasteiger charge is 2.17. The van der Waals surface area contributed by atoms with E-state index in [0.29, 0.717) is 34.5 Å². The van der Waals surface area contributed by atoms with Crippen molar-refractivity contribution in [2.45, 2.75) is 24.1 Å². The number of thioether (sulfide) groups is 1. The minimum Gasteiger partial charge on any atom is -0.377 e. The number of benzene rings is 3. The van der Waals surface area contributed by atoms with Gasteiger partial charge in [-0.05, 0) is 47.5 Å². The Morgan fingerprint density at radius 2 is 1.68 bits per heavy atom. The molecule has 0 aliphatic carbocycles. The van der Waals surface area contributed by atoms with Gasteiger partial charge in [0.15, 0.2) is 11.0 Å². The molecule has 1 heterocycles. The van der Waals surface area contributed by atoms with Gasteiger partial charge in [-0.15, -0.1) is 10.2 Å². The number of ether oxygens (including phenoxy) is 1. The van der Waals surface area contributed by atoms with Crippen LogP contribution in [0.15, 0.2) is 78.0 Å². The third-order valence-corrected chi connectivity index (χ3v) is 6.02. The fraction of sp³-hybridized carbons (Fsp3) is 0.160. The van der Waals surface area contributed by atoms with Gasteiger partial charge in [0, 0.05) is 25.0 Å². The van der Waals surface area contributed by atoms with Gasteiger partial charge >= 0.3 is 0 Å². The zero-order valence-electron chi connectivity index (χ0n) is 18.4. The predicted molar refractivity (Wildman–Crippen MR) is 126 cm³/mol. The molecule has 0 bridgehead atoms. The fourth-order valence-corrected chi connectivity index (χ4v) is 4.20. The molecule has 34 heavy (non-hydrogen) atoms. The molecule has 174 valence electrons. The Balaban J connectivity index is 1.41. The normalized spacial score (nSPS) is 10.9. The van der Waals surface area contributed by atoms with E-state index in [9.17, 15) is 13.6 Å². The monoisotopic (exact) mass is 480 g/mol. The second-order valence-electron chi connectivity index (χ2n) is 7.41. The summed E-state index contributed by atoms with van der Waals surface area (Å²) in [5, 5.41) is 11.7. The lowest BCUT2D eigenvalue weighted by Gasteiger charge is -2.11. The Morgan fingerprint density at radius 1 is 0.971 bits per heavy atom. The molecular formula is C25H22F2N4O2S. The molecular weight excluding hydrogens is 458 g/mol. The molecule has 0 radical (unpaired) electrons. The van der Waals surface area contributed by atoms with Crippen molar-refractivity contribution in [3.8, 4) is 5.69 Å². The highest BCUT2D eigenvalue weighted by Crippen LogP contribution is 2.27. The number of nitrogens with one attached hydrogen (secondary N) is 1. The number of carbonyl (C=O) groups is 1. The van der Waals surface area contributed by atoms with Crippen molar-refractivity contribution < 1.29 is 18.3 Å². The molecule has 0 fully saturated rings. The maximum absolute atomic E-state index is 14.4. The molecule has 0 saturated heterocycles. The van der Waals surface area contributed by atoms with Gasteiger partial charge in [0.1, 0.15) is 18.2 Å². The molecule has 4 rings (SSSR count). The van der Waals surface area contributed by atoms with E-state index in [2.05, 4.69) is 15.5 Å². The lowest BCUT2D eigenvalue weighted by atomic mass is 10.1. The first kappa shape index (κ1) is 23.6. The van der Waals surface area contributed by atoms with Gasteiger partial charge in [-0.3, -0.25) is 9.36 Å². The Labute approximate surface area is 200 Å². The topological polar surface area (TPSA) is 69.0 Å². The number of carbonyl (C=O) groups excluding carboxylic acids is 1. The van der Waals surface area contributed by atoms with Crippen LogP contribution < -0.4 is 5.32 Å². The van der Waals surface area contributed by atoms with Gasteiger partial charge in [-0.25, -0.2) is 8.78 Å². The number of methoxy groups -OCH3 is 1. The van der Waals surface area contributed by atoms with Crippen molar-refractivity contribution >= 4 is 17.7 Å². The molecule has 0 aliphatic rings. The van der Waals surface area contributed by atoms with Crippen LogP contribution in [0.2, 0.25) is 0 Å². The molecule has 1 N–H and O–H groups in total. The zero-order chi connectivity index (χ0) is 23.9. The van der Waals surface area contributed by atoms with Gasteiger partial charge in [0.2, 0.25) is 0 Å². The van der Waals surface area contributed by atoms with Crippen LogP contribution in [0.5, 0.6) is 0 Å². The number of rotatable bonds is 9. The second-order valence-corrected chi connectivity index (χ2v) is 8.36. The molecule has 1 aromatic heterocycles. The Kier molecular flexibility index (Phi) is 7.66. The lowest BCUT2D eigenvalue weighted by Crippen LogP contribution is -2.22. The first-order valence-electron chi connectivity index (χ1n) is 10.5. The number of halogens is 2. The summed E-state index contributed by atoms with van der Waals surface area (Å²) in [6.45, 7) is 0.510. The third kappa shape index (κ3) is 5.67. The van der Waals surface area contributed by atoms with E-state index >= 15 is 0 Å². The van der Waals surface area contributed by atoms with Crippen LogP contribution in [-0.2, 0) is 23.6 Å². The largest absolute Gasteiger partial charge is 0.377 e. The van der Waals surface area contributed by atoms with Crippen LogP contribution in [0.3, 0.4) is 0 Å².